The van der Waals surface area contributed by atoms with E-state index in [1.54, 1.807) is 29.9 Å². The predicted molar refractivity (Wildman–Crippen MR) is 97.6 cm³/mol. The van der Waals surface area contributed by atoms with Crippen LogP contribution >= 0.6 is 15.9 Å². The Morgan fingerprint density at radius 3 is 2.59 bits per heavy atom. The first-order chi connectivity index (χ1) is 12.7. The Balaban J connectivity index is 2.05. The molecule has 138 valence electrons. The molecule has 0 saturated heterocycles. The number of benzene rings is 1. The first kappa shape index (κ1) is 18.9. The van der Waals surface area contributed by atoms with Crippen LogP contribution in [0.4, 0.5) is 19.0 Å². The van der Waals surface area contributed by atoms with E-state index in [0.717, 1.165) is 17.7 Å². The molecule has 0 saturated carbocycles. The largest absolute Gasteiger partial charge is 0.417 e. The molecule has 2 aromatic heterocycles. The van der Waals surface area contributed by atoms with E-state index in [2.05, 4.69) is 26.0 Å². The van der Waals surface area contributed by atoms with E-state index in [9.17, 15) is 13.2 Å². The van der Waals surface area contributed by atoms with Crippen molar-refractivity contribution in [1.29, 1.82) is 5.26 Å². The van der Waals surface area contributed by atoms with Crippen LogP contribution in [-0.2, 0) is 12.7 Å². The van der Waals surface area contributed by atoms with Gasteiger partial charge in [-0.15, -0.1) is 0 Å². The molecule has 0 aliphatic rings. The van der Waals surface area contributed by atoms with Gasteiger partial charge in [-0.2, -0.15) is 23.5 Å². The van der Waals surface area contributed by atoms with Crippen molar-refractivity contribution in [3.05, 3.63) is 63.5 Å². The average Bonchev–Trinajstić information content (AvgIpc) is 2.89. The maximum atomic E-state index is 13.2. The fraction of sp³-hybridized carbons (Fsp3) is 0.167. The van der Waals surface area contributed by atoms with Crippen molar-refractivity contribution in [2.24, 2.45) is 0 Å². The number of nitrogens with two attached hydrogens (primary N) is 1. The molecule has 0 fully saturated rings. The average molecular weight is 436 g/mol. The van der Waals surface area contributed by atoms with E-state index in [4.69, 9.17) is 11.0 Å². The second-order valence-electron chi connectivity index (χ2n) is 5.86. The molecule has 0 amide bonds. The van der Waals surface area contributed by atoms with E-state index in [1.807, 2.05) is 6.07 Å². The van der Waals surface area contributed by atoms with Crippen molar-refractivity contribution < 1.29 is 13.2 Å². The van der Waals surface area contributed by atoms with E-state index >= 15 is 0 Å². The SMILES string of the molecule is Cc1c(-c2ccc(C#N)c(C(F)(F)F)c2)c(N)nn1Cc1ccc(Br)nc1. The Labute approximate surface area is 161 Å². The highest BCUT2D eigenvalue weighted by atomic mass is 79.9. The number of hydrogen-bond donors (Lipinski definition) is 1. The van der Waals surface area contributed by atoms with E-state index < -0.39 is 17.3 Å². The number of nitrogens with zero attached hydrogens (tertiary/aromatic N) is 4. The van der Waals surface area contributed by atoms with E-state index in [-0.39, 0.29) is 11.4 Å². The third kappa shape index (κ3) is 3.80. The van der Waals surface area contributed by atoms with Crippen LogP contribution in [0.3, 0.4) is 0 Å². The van der Waals surface area contributed by atoms with Gasteiger partial charge in [0.15, 0.2) is 5.82 Å². The number of nitrogen functional groups attached to an aromatic ring is 1. The van der Waals surface area contributed by atoms with E-state index in [1.165, 1.54) is 6.07 Å². The molecule has 3 aromatic rings. The lowest BCUT2D eigenvalue weighted by molar-refractivity contribution is -0.137. The molecule has 2 N–H and O–H groups in total. The van der Waals surface area contributed by atoms with Gasteiger partial charge in [0.05, 0.1) is 23.7 Å². The minimum atomic E-state index is -4.64. The highest BCUT2D eigenvalue weighted by Gasteiger charge is 2.34. The van der Waals surface area contributed by atoms with Gasteiger partial charge >= 0.3 is 6.18 Å². The van der Waals surface area contributed by atoms with Crippen molar-refractivity contribution in [1.82, 2.24) is 14.8 Å². The van der Waals surface area contributed by atoms with Crippen LogP contribution in [-0.4, -0.2) is 14.8 Å². The zero-order chi connectivity index (χ0) is 19.8. The van der Waals surface area contributed by atoms with Gasteiger partial charge in [0.1, 0.15) is 4.60 Å². The summed E-state index contributed by atoms with van der Waals surface area (Å²) in [5, 5.41) is 13.2. The lowest BCUT2D eigenvalue weighted by Gasteiger charge is -2.11. The van der Waals surface area contributed by atoms with Crippen molar-refractivity contribution in [3.8, 4) is 17.2 Å². The van der Waals surface area contributed by atoms with Gasteiger partial charge < -0.3 is 5.73 Å². The summed E-state index contributed by atoms with van der Waals surface area (Å²) in [6.07, 6.45) is -2.96. The zero-order valence-electron chi connectivity index (χ0n) is 14.0. The molecule has 0 bridgehead atoms. The molecular formula is C18H13BrF3N5. The highest BCUT2D eigenvalue weighted by Crippen LogP contribution is 2.37. The Morgan fingerprint density at radius 2 is 2.00 bits per heavy atom. The van der Waals surface area contributed by atoms with Crippen LogP contribution in [0.5, 0.6) is 0 Å². The van der Waals surface area contributed by atoms with Crippen LogP contribution < -0.4 is 5.73 Å². The molecule has 9 heteroatoms. The second kappa shape index (κ2) is 7.04. The third-order valence-electron chi connectivity index (χ3n) is 4.09. The zero-order valence-corrected chi connectivity index (χ0v) is 15.6. The third-order valence-corrected chi connectivity index (χ3v) is 4.56. The normalized spacial score (nSPS) is 11.4. The van der Waals surface area contributed by atoms with Gasteiger partial charge in [0.25, 0.3) is 0 Å². The summed E-state index contributed by atoms with van der Waals surface area (Å²) in [7, 11) is 0. The molecule has 0 aliphatic heterocycles. The molecule has 5 nitrogen and oxygen atoms in total. The van der Waals surface area contributed by atoms with Gasteiger partial charge in [-0.05, 0) is 52.2 Å². The number of hydrogen-bond acceptors (Lipinski definition) is 4. The Morgan fingerprint density at radius 1 is 1.26 bits per heavy atom. The molecule has 3 rings (SSSR count). The van der Waals surface area contributed by atoms with Crippen molar-refractivity contribution >= 4 is 21.7 Å². The summed E-state index contributed by atoms with van der Waals surface area (Å²) in [5.74, 6) is 0.121. The quantitative estimate of drug-likeness (QED) is 0.612. The number of anilines is 1. The molecular weight excluding hydrogens is 423 g/mol. The van der Waals surface area contributed by atoms with Crippen LogP contribution in [0.1, 0.15) is 22.4 Å². The monoisotopic (exact) mass is 435 g/mol. The molecule has 0 aliphatic carbocycles. The molecule has 27 heavy (non-hydrogen) atoms. The van der Waals surface area contributed by atoms with Crippen molar-refractivity contribution in [3.63, 3.8) is 0 Å². The molecule has 2 heterocycles. The molecule has 0 radical (unpaired) electrons. The molecule has 0 spiro atoms. The molecule has 0 unspecified atom stereocenters. The summed E-state index contributed by atoms with van der Waals surface area (Å²) in [4.78, 5) is 4.14. The van der Waals surface area contributed by atoms with Gasteiger partial charge in [-0.25, -0.2) is 4.98 Å². The number of aromatic nitrogens is 3. The summed E-state index contributed by atoms with van der Waals surface area (Å²) in [6, 6.07) is 8.74. The first-order valence-corrected chi connectivity index (χ1v) is 8.55. The van der Waals surface area contributed by atoms with E-state index in [0.29, 0.717) is 22.4 Å². The number of rotatable bonds is 3. The van der Waals surface area contributed by atoms with Crippen molar-refractivity contribution in [2.45, 2.75) is 19.6 Å². The Bertz CT molecular complexity index is 1030. The smallest absolute Gasteiger partial charge is 0.382 e. The lowest BCUT2D eigenvalue weighted by atomic mass is 9.99. The lowest BCUT2D eigenvalue weighted by Crippen LogP contribution is -2.08. The summed E-state index contributed by atoms with van der Waals surface area (Å²) < 4.78 is 42.0. The maximum Gasteiger partial charge on any atom is 0.417 e. The minimum absolute atomic E-state index is 0.121. The van der Waals surface area contributed by atoms with Crippen LogP contribution in [0.2, 0.25) is 0 Å². The van der Waals surface area contributed by atoms with Gasteiger partial charge in [0, 0.05) is 17.5 Å². The van der Waals surface area contributed by atoms with Gasteiger partial charge in [-0.1, -0.05) is 12.1 Å². The molecule has 0 atom stereocenters. The Kier molecular flexibility index (Phi) is 4.93. The van der Waals surface area contributed by atoms with Gasteiger partial charge in [-0.3, -0.25) is 4.68 Å². The summed E-state index contributed by atoms with van der Waals surface area (Å²) in [5.41, 5.74) is 6.71. The maximum absolute atomic E-state index is 13.2. The number of alkyl halides is 3. The number of nitriles is 1. The minimum Gasteiger partial charge on any atom is -0.382 e. The topological polar surface area (TPSA) is 80.5 Å². The predicted octanol–water partition coefficient (Wildman–Crippen LogP) is 4.54. The second-order valence-corrected chi connectivity index (χ2v) is 6.67. The van der Waals surface area contributed by atoms with Crippen LogP contribution in [0.25, 0.3) is 11.1 Å². The number of pyridine rings is 1. The fourth-order valence-corrected chi connectivity index (χ4v) is 3.02. The standard InChI is InChI=1S/C18H13BrF3N5/c1-10-16(12-3-4-13(7-23)14(6-12)18(20,21)22)17(24)26-27(10)9-11-2-5-15(19)25-8-11/h2-6,8H,9H2,1H3,(H2,24,26). The fourth-order valence-electron chi connectivity index (χ4n) is 2.78. The first-order valence-electron chi connectivity index (χ1n) is 7.75. The number of halogens is 4. The summed E-state index contributed by atoms with van der Waals surface area (Å²) in [6.45, 7) is 2.11. The van der Waals surface area contributed by atoms with Crippen LogP contribution in [0.15, 0.2) is 41.1 Å². The van der Waals surface area contributed by atoms with Gasteiger partial charge in [0.2, 0.25) is 0 Å². The van der Waals surface area contributed by atoms with Crippen molar-refractivity contribution in [2.75, 3.05) is 5.73 Å². The summed E-state index contributed by atoms with van der Waals surface area (Å²) >= 11 is 3.26. The van der Waals surface area contributed by atoms with Crippen LogP contribution in [0, 0.1) is 18.3 Å². The Hall–Kier alpha value is -2.86. The highest BCUT2D eigenvalue weighted by molar-refractivity contribution is 9.10. The molecule has 1 aromatic carbocycles.